The van der Waals surface area contributed by atoms with E-state index in [9.17, 15) is 9.59 Å². The molecule has 0 bridgehead atoms. The number of amides is 2. The van der Waals surface area contributed by atoms with E-state index in [0.29, 0.717) is 31.4 Å². The van der Waals surface area contributed by atoms with Crippen LogP contribution in [0.4, 0.5) is 4.79 Å². The van der Waals surface area contributed by atoms with Crippen LogP contribution in [0, 0.1) is 13.8 Å². The van der Waals surface area contributed by atoms with E-state index in [4.69, 9.17) is 5.73 Å². The van der Waals surface area contributed by atoms with Gasteiger partial charge < -0.3 is 25.4 Å². The number of fused-ring (bicyclic) bond motifs is 1. The topological polar surface area (TPSA) is 121 Å². The van der Waals surface area contributed by atoms with Gasteiger partial charge in [0.25, 0.3) is 0 Å². The Morgan fingerprint density at radius 3 is 2.57 bits per heavy atom. The highest BCUT2D eigenvalue weighted by Crippen LogP contribution is 2.17. The number of aromatic nitrogens is 2. The van der Waals surface area contributed by atoms with Crippen molar-refractivity contribution in [2.45, 2.75) is 20.4 Å². The van der Waals surface area contributed by atoms with Crippen LogP contribution in [-0.4, -0.2) is 85.1 Å². The number of nitrogens with two attached hydrogens (primary N) is 1. The summed E-state index contributed by atoms with van der Waals surface area (Å²) in [5, 5.41) is 0. The molecule has 2 rings (SSSR count). The zero-order chi connectivity index (χ0) is 22.5. The van der Waals surface area contributed by atoms with Crippen molar-refractivity contribution >= 4 is 23.4 Å². The van der Waals surface area contributed by atoms with Gasteiger partial charge in [-0.1, -0.05) is 0 Å². The Morgan fingerprint density at radius 1 is 1.30 bits per heavy atom. The van der Waals surface area contributed by atoms with Crippen molar-refractivity contribution in [2.24, 2.45) is 10.7 Å². The van der Waals surface area contributed by atoms with Gasteiger partial charge in [-0.05, 0) is 37.1 Å². The third-order valence-corrected chi connectivity index (χ3v) is 5.40. The molecule has 30 heavy (non-hydrogen) atoms. The molecule has 0 aliphatic carbocycles. The lowest BCUT2D eigenvalue weighted by molar-refractivity contribution is -0.895. The Morgan fingerprint density at radius 2 is 1.97 bits per heavy atom. The number of rotatable bonds is 8. The van der Waals surface area contributed by atoms with Gasteiger partial charge in [-0.25, -0.2) is 9.78 Å². The third kappa shape index (κ3) is 5.50. The average molecular weight is 418 g/mol. The van der Waals surface area contributed by atoms with Gasteiger partial charge in [0.15, 0.2) is 11.8 Å². The minimum Gasteiger partial charge on any atom is -0.353 e. The Hall–Kier alpha value is -2.62. The second-order valence-corrected chi connectivity index (χ2v) is 8.36. The van der Waals surface area contributed by atoms with E-state index in [1.54, 1.807) is 7.05 Å². The second kappa shape index (κ2) is 9.92. The van der Waals surface area contributed by atoms with Crippen LogP contribution >= 0.6 is 0 Å². The molecule has 0 aliphatic rings. The number of carbonyl (C=O) groups is 2. The van der Waals surface area contributed by atoms with Crippen LogP contribution in [-0.2, 0) is 6.54 Å². The first kappa shape index (κ1) is 23.7. The lowest BCUT2D eigenvalue weighted by Gasteiger charge is -2.29. The number of aryl methyl sites for hydroxylation is 2. The first-order valence-electron chi connectivity index (χ1n) is 10.2. The molecule has 0 saturated heterocycles. The summed E-state index contributed by atoms with van der Waals surface area (Å²) in [5.74, 6) is 0. The Balaban J connectivity index is 2.74. The van der Waals surface area contributed by atoms with Crippen LogP contribution in [0.1, 0.15) is 21.6 Å². The largest absolute Gasteiger partial charge is 0.353 e. The number of nitrogens with zero attached hydrogens (tertiary/aromatic N) is 5. The number of aldehydes is 1. The molecular formula is C21H35N7O2+2. The average Bonchev–Trinajstić information content (AvgIpc) is 2.68. The molecule has 0 saturated carbocycles. The smallest absolute Gasteiger partial charge is 0.345 e. The minimum absolute atomic E-state index is 0.155. The summed E-state index contributed by atoms with van der Waals surface area (Å²) < 4.78 is 2.71. The van der Waals surface area contributed by atoms with Gasteiger partial charge >= 0.3 is 6.03 Å². The maximum absolute atomic E-state index is 12.6. The van der Waals surface area contributed by atoms with Gasteiger partial charge in [-0.2, -0.15) is 4.99 Å². The fourth-order valence-electron chi connectivity index (χ4n) is 3.32. The summed E-state index contributed by atoms with van der Waals surface area (Å²) in [4.78, 5) is 34.7. The molecule has 0 aliphatic heterocycles. The molecular weight excluding hydrogens is 382 g/mol. The van der Waals surface area contributed by atoms with Crippen LogP contribution in [0.15, 0.2) is 17.1 Å². The highest BCUT2D eigenvalue weighted by Gasteiger charge is 2.18. The standard InChI is InChI=1S/C21H34N7O2/c1-15-12-17-19(13-16(15)2)27(9-11-28(4,5)10-7-23)20(18(14-29)24-17)25-21(30)26(3)8-6-22/h12-14H,6-11,22-23H2,1-5H3/q+1/p+1/b25-20+. The number of carbonyl (C=O) groups excluding carboxylic acids is 2. The van der Waals surface area contributed by atoms with Gasteiger partial charge in [0.1, 0.15) is 18.8 Å². The Kier molecular flexibility index (Phi) is 7.83. The maximum atomic E-state index is 12.6. The molecule has 0 radical (unpaired) electrons. The van der Waals surface area contributed by atoms with E-state index in [-0.39, 0.29) is 11.2 Å². The summed E-state index contributed by atoms with van der Waals surface area (Å²) >= 11 is 0. The van der Waals surface area contributed by atoms with Gasteiger partial charge in [-0.3, -0.25) is 4.79 Å². The summed E-state index contributed by atoms with van der Waals surface area (Å²) in [6, 6.07) is 3.56. The highest BCUT2D eigenvalue weighted by molar-refractivity contribution is 5.82. The van der Waals surface area contributed by atoms with Crippen molar-refractivity contribution < 1.29 is 19.8 Å². The van der Waals surface area contributed by atoms with Crippen LogP contribution in [0.3, 0.4) is 0 Å². The van der Waals surface area contributed by atoms with Crippen LogP contribution < -0.4 is 17.0 Å². The Bertz CT molecular complexity index is 995. The van der Waals surface area contributed by atoms with E-state index >= 15 is 0 Å². The van der Waals surface area contributed by atoms with Gasteiger partial charge in [0, 0.05) is 20.1 Å². The normalized spacial score (nSPS) is 12.4. The quantitative estimate of drug-likeness (QED) is 0.452. The number of hydrogen-bond acceptors (Lipinski definition) is 4. The molecule has 0 atom stereocenters. The number of likely N-dealkylation sites (N-methyl/N-ethyl adjacent to an activating group) is 2. The van der Waals surface area contributed by atoms with Crippen molar-refractivity contribution in [2.75, 3.05) is 53.9 Å². The number of benzene rings is 1. The lowest BCUT2D eigenvalue weighted by atomic mass is 10.1. The molecule has 1 aromatic carbocycles. The predicted molar refractivity (Wildman–Crippen MR) is 117 cm³/mol. The predicted octanol–water partition coefficient (Wildman–Crippen LogP) is -0.305. The van der Waals surface area contributed by atoms with Gasteiger partial charge in [0.05, 0.1) is 38.2 Å². The van der Waals surface area contributed by atoms with Crippen molar-refractivity contribution in [1.82, 2.24) is 14.5 Å². The molecule has 5 N–H and O–H groups in total. The van der Waals surface area contributed by atoms with Crippen molar-refractivity contribution in [3.8, 4) is 0 Å². The number of hydrogen-bond donors (Lipinski definition) is 2. The molecule has 0 fully saturated rings. The van der Waals surface area contributed by atoms with E-state index in [1.165, 1.54) is 4.90 Å². The number of quaternary nitrogens is 2. The molecule has 2 aromatic rings. The fraction of sp³-hybridized carbons (Fsp3) is 0.524. The molecule has 0 spiro atoms. The molecule has 9 heteroatoms. The van der Waals surface area contributed by atoms with E-state index < -0.39 is 6.03 Å². The number of urea groups is 1. The second-order valence-electron chi connectivity index (χ2n) is 8.36. The summed E-state index contributed by atoms with van der Waals surface area (Å²) in [5.41, 5.74) is 13.7. The molecule has 2 amide bonds. The van der Waals surface area contributed by atoms with E-state index in [0.717, 1.165) is 40.8 Å². The maximum Gasteiger partial charge on any atom is 0.345 e. The van der Waals surface area contributed by atoms with Gasteiger partial charge in [-0.15, -0.1) is 0 Å². The molecule has 1 heterocycles. The van der Waals surface area contributed by atoms with Crippen LogP contribution in [0.2, 0.25) is 0 Å². The summed E-state index contributed by atoms with van der Waals surface area (Å²) in [6.07, 6.45) is 0.663. The Labute approximate surface area is 177 Å². The van der Waals surface area contributed by atoms with Crippen LogP contribution in [0.5, 0.6) is 0 Å². The van der Waals surface area contributed by atoms with Crippen molar-refractivity contribution in [3.05, 3.63) is 34.4 Å². The van der Waals surface area contributed by atoms with Gasteiger partial charge in [0.2, 0.25) is 0 Å². The monoisotopic (exact) mass is 417 g/mol. The fourth-order valence-corrected chi connectivity index (χ4v) is 3.32. The summed E-state index contributed by atoms with van der Waals surface area (Å²) in [6.45, 7) is 7.89. The molecule has 0 unspecified atom stereocenters. The summed E-state index contributed by atoms with van der Waals surface area (Å²) in [7, 11) is 5.92. The zero-order valence-electron chi connectivity index (χ0n) is 18.8. The highest BCUT2D eigenvalue weighted by atomic mass is 16.2. The van der Waals surface area contributed by atoms with E-state index in [2.05, 4.69) is 29.8 Å². The van der Waals surface area contributed by atoms with Crippen molar-refractivity contribution in [1.29, 1.82) is 0 Å². The molecule has 1 aromatic heterocycles. The SMILES string of the molecule is Cc1cc2nc(C=O)/c(=N\C(=O)N(C)CCN)n(CC[N+](C)(C)CC[NH3+])c2cc1C. The lowest BCUT2D eigenvalue weighted by Crippen LogP contribution is -2.59. The molecule has 164 valence electrons. The first-order chi connectivity index (χ1) is 14.1. The van der Waals surface area contributed by atoms with Crippen LogP contribution in [0.25, 0.3) is 11.0 Å². The zero-order valence-corrected chi connectivity index (χ0v) is 18.8. The minimum atomic E-state index is -0.450. The van der Waals surface area contributed by atoms with Crippen molar-refractivity contribution in [3.63, 3.8) is 0 Å². The third-order valence-electron chi connectivity index (χ3n) is 5.40. The molecule has 9 nitrogen and oxygen atoms in total. The van der Waals surface area contributed by atoms with E-state index in [1.807, 2.05) is 30.5 Å². The first-order valence-corrected chi connectivity index (χ1v) is 10.2.